The lowest BCUT2D eigenvalue weighted by atomic mass is 10.3. The van der Waals surface area contributed by atoms with Crippen molar-refractivity contribution in [2.24, 2.45) is 0 Å². The predicted molar refractivity (Wildman–Crippen MR) is 55.8 cm³/mol. The molecule has 82 valence electrons. The van der Waals surface area contributed by atoms with Gasteiger partial charge in [-0.3, -0.25) is 10.3 Å². The van der Waals surface area contributed by atoms with Gasteiger partial charge in [-0.05, 0) is 26.0 Å². The number of pyridine rings is 1. The summed E-state index contributed by atoms with van der Waals surface area (Å²) >= 11 is 0. The molecule has 0 aliphatic heterocycles. The Morgan fingerprint density at radius 1 is 1.53 bits per heavy atom. The molecule has 0 unspecified atom stereocenters. The largest absolute Gasteiger partial charge is 0.447 e. The summed E-state index contributed by atoms with van der Waals surface area (Å²) in [5, 5.41) is 11.0. The van der Waals surface area contributed by atoms with Gasteiger partial charge in [-0.25, -0.2) is 4.79 Å². The van der Waals surface area contributed by atoms with Gasteiger partial charge in [0.15, 0.2) is 0 Å². The quantitative estimate of drug-likeness (QED) is 0.787. The van der Waals surface area contributed by atoms with E-state index in [1.165, 1.54) is 0 Å². The van der Waals surface area contributed by atoms with Gasteiger partial charge in [0.1, 0.15) is 6.61 Å². The highest BCUT2D eigenvalue weighted by Gasteiger charge is 2.05. The van der Waals surface area contributed by atoms with Gasteiger partial charge < -0.3 is 9.84 Å². The molecule has 0 spiro atoms. The van der Waals surface area contributed by atoms with Crippen LogP contribution in [-0.2, 0) is 4.74 Å². The van der Waals surface area contributed by atoms with E-state index in [1.807, 2.05) is 6.92 Å². The SMILES string of the molecule is Cc1ccc(NC(=O)OCCO)c(C)n1. The lowest BCUT2D eigenvalue weighted by molar-refractivity contribution is 0.131. The maximum Gasteiger partial charge on any atom is 0.411 e. The van der Waals surface area contributed by atoms with Crippen LogP contribution in [-0.4, -0.2) is 29.4 Å². The van der Waals surface area contributed by atoms with Crippen molar-refractivity contribution in [3.05, 3.63) is 23.5 Å². The molecule has 1 aromatic rings. The highest BCUT2D eigenvalue weighted by molar-refractivity contribution is 5.85. The van der Waals surface area contributed by atoms with E-state index in [2.05, 4.69) is 15.0 Å². The van der Waals surface area contributed by atoms with Gasteiger partial charge in [0, 0.05) is 5.69 Å². The van der Waals surface area contributed by atoms with Gasteiger partial charge in [-0.1, -0.05) is 0 Å². The Hall–Kier alpha value is -1.62. The van der Waals surface area contributed by atoms with E-state index in [4.69, 9.17) is 5.11 Å². The van der Waals surface area contributed by atoms with Crippen molar-refractivity contribution in [2.75, 3.05) is 18.5 Å². The molecule has 0 aliphatic carbocycles. The Bertz CT molecular complexity index is 353. The minimum Gasteiger partial charge on any atom is -0.447 e. The molecule has 5 heteroatoms. The molecule has 0 radical (unpaired) electrons. The zero-order valence-electron chi connectivity index (χ0n) is 8.78. The van der Waals surface area contributed by atoms with Crippen molar-refractivity contribution in [1.82, 2.24) is 4.98 Å². The molecule has 1 rings (SSSR count). The number of aliphatic hydroxyl groups excluding tert-OH is 1. The van der Waals surface area contributed by atoms with E-state index in [0.717, 1.165) is 11.4 Å². The van der Waals surface area contributed by atoms with Crippen LogP contribution in [0, 0.1) is 13.8 Å². The number of hydrogen-bond acceptors (Lipinski definition) is 4. The summed E-state index contributed by atoms with van der Waals surface area (Å²) in [6.07, 6.45) is -0.585. The van der Waals surface area contributed by atoms with E-state index >= 15 is 0 Å². The zero-order valence-corrected chi connectivity index (χ0v) is 8.78. The Labute approximate surface area is 88.1 Å². The average molecular weight is 210 g/mol. The van der Waals surface area contributed by atoms with Crippen LogP contribution < -0.4 is 5.32 Å². The molecular weight excluding hydrogens is 196 g/mol. The van der Waals surface area contributed by atoms with E-state index in [9.17, 15) is 4.79 Å². The molecule has 2 N–H and O–H groups in total. The number of aliphatic hydroxyl groups is 1. The first-order valence-electron chi connectivity index (χ1n) is 4.62. The second-order valence-electron chi connectivity index (χ2n) is 3.07. The summed E-state index contributed by atoms with van der Waals surface area (Å²) in [7, 11) is 0. The third-order valence-corrected chi connectivity index (χ3v) is 1.79. The third-order valence-electron chi connectivity index (χ3n) is 1.79. The second-order valence-corrected chi connectivity index (χ2v) is 3.07. The predicted octanol–water partition coefficient (Wildman–Crippen LogP) is 1.24. The Morgan fingerprint density at radius 2 is 2.27 bits per heavy atom. The Kier molecular flexibility index (Phi) is 4.05. The number of anilines is 1. The number of nitrogens with zero attached hydrogens (tertiary/aromatic N) is 1. The van der Waals surface area contributed by atoms with Crippen LogP contribution in [0.15, 0.2) is 12.1 Å². The molecule has 5 nitrogen and oxygen atoms in total. The number of hydrogen-bond donors (Lipinski definition) is 2. The van der Waals surface area contributed by atoms with Gasteiger partial charge in [0.05, 0.1) is 18.0 Å². The first kappa shape index (κ1) is 11.5. The van der Waals surface area contributed by atoms with Crippen LogP contribution in [0.4, 0.5) is 10.5 Å². The van der Waals surface area contributed by atoms with E-state index in [1.54, 1.807) is 19.1 Å². The smallest absolute Gasteiger partial charge is 0.411 e. The molecule has 0 saturated heterocycles. The lowest BCUT2D eigenvalue weighted by Crippen LogP contribution is -2.16. The van der Waals surface area contributed by atoms with Crippen molar-refractivity contribution < 1.29 is 14.6 Å². The molecule has 0 fully saturated rings. The highest BCUT2D eigenvalue weighted by Crippen LogP contribution is 2.12. The maximum atomic E-state index is 11.1. The number of carbonyl (C=O) groups is 1. The van der Waals surface area contributed by atoms with E-state index < -0.39 is 6.09 Å². The molecule has 1 amide bonds. The monoisotopic (exact) mass is 210 g/mol. The molecule has 0 aromatic carbocycles. The number of carbonyl (C=O) groups excluding carboxylic acids is 1. The van der Waals surface area contributed by atoms with Gasteiger partial charge in [0.2, 0.25) is 0 Å². The van der Waals surface area contributed by atoms with Crippen LogP contribution in [0.2, 0.25) is 0 Å². The van der Waals surface area contributed by atoms with Crippen LogP contribution in [0.3, 0.4) is 0 Å². The fourth-order valence-electron chi connectivity index (χ4n) is 1.10. The number of aromatic nitrogens is 1. The van der Waals surface area contributed by atoms with Gasteiger partial charge in [-0.2, -0.15) is 0 Å². The summed E-state index contributed by atoms with van der Waals surface area (Å²) in [6.45, 7) is 3.48. The summed E-state index contributed by atoms with van der Waals surface area (Å²) in [4.78, 5) is 15.3. The average Bonchev–Trinajstić information content (AvgIpc) is 2.19. The topological polar surface area (TPSA) is 71.5 Å². The van der Waals surface area contributed by atoms with E-state index in [-0.39, 0.29) is 13.2 Å². The third kappa shape index (κ3) is 3.55. The summed E-state index contributed by atoms with van der Waals surface area (Å²) in [6, 6.07) is 3.56. The maximum absolute atomic E-state index is 11.1. The zero-order chi connectivity index (χ0) is 11.3. The Morgan fingerprint density at radius 3 is 2.87 bits per heavy atom. The summed E-state index contributed by atoms with van der Waals surface area (Å²) in [5.41, 5.74) is 2.24. The molecule has 0 atom stereocenters. The fraction of sp³-hybridized carbons (Fsp3) is 0.400. The normalized spacial score (nSPS) is 9.80. The second kappa shape index (κ2) is 5.31. The number of amides is 1. The Balaban J connectivity index is 2.60. The first-order valence-corrected chi connectivity index (χ1v) is 4.62. The number of ether oxygens (including phenoxy) is 1. The number of nitrogens with one attached hydrogen (secondary N) is 1. The number of aryl methyl sites for hydroxylation is 2. The van der Waals surface area contributed by atoms with Crippen LogP contribution in [0.1, 0.15) is 11.4 Å². The van der Waals surface area contributed by atoms with Crippen molar-refractivity contribution in [2.45, 2.75) is 13.8 Å². The van der Waals surface area contributed by atoms with Crippen molar-refractivity contribution in [1.29, 1.82) is 0 Å². The highest BCUT2D eigenvalue weighted by atomic mass is 16.6. The van der Waals surface area contributed by atoms with Crippen LogP contribution >= 0.6 is 0 Å². The fourth-order valence-corrected chi connectivity index (χ4v) is 1.10. The standard InChI is InChI=1S/C10H14N2O3/c1-7-3-4-9(8(2)11-7)12-10(14)15-6-5-13/h3-4,13H,5-6H2,1-2H3,(H,12,14). The van der Waals surface area contributed by atoms with Crippen molar-refractivity contribution >= 4 is 11.8 Å². The van der Waals surface area contributed by atoms with Gasteiger partial charge >= 0.3 is 6.09 Å². The van der Waals surface area contributed by atoms with E-state index in [0.29, 0.717) is 5.69 Å². The molecule has 1 aromatic heterocycles. The van der Waals surface area contributed by atoms with Crippen LogP contribution in [0.25, 0.3) is 0 Å². The molecular formula is C10H14N2O3. The molecule has 15 heavy (non-hydrogen) atoms. The molecule has 0 bridgehead atoms. The molecule has 0 saturated carbocycles. The lowest BCUT2D eigenvalue weighted by Gasteiger charge is -2.08. The molecule has 1 heterocycles. The van der Waals surface area contributed by atoms with Crippen molar-refractivity contribution in [3.63, 3.8) is 0 Å². The summed E-state index contributed by atoms with van der Waals surface area (Å²) < 4.78 is 4.65. The van der Waals surface area contributed by atoms with Crippen molar-refractivity contribution in [3.8, 4) is 0 Å². The minimum absolute atomic E-state index is 0.00975. The number of rotatable bonds is 3. The van der Waals surface area contributed by atoms with Crippen LogP contribution in [0.5, 0.6) is 0 Å². The summed E-state index contributed by atoms with van der Waals surface area (Å²) in [5.74, 6) is 0. The minimum atomic E-state index is -0.585. The first-order chi connectivity index (χ1) is 7.13. The molecule has 0 aliphatic rings. The van der Waals surface area contributed by atoms with Gasteiger partial charge in [-0.15, -0.1) is 0 Å². The van der Waals surface area contributed by atoms with Gasteiger partial charge in [0.25, 0.3) is 0 Å².